The van der Waals surface area contributed by atoms with Crippen molar-refractivity contribution < 1.29 is 18.3 Å². The molecule has 138 valence electrons. The summed E-state index contributed by atoms with van der Waals surface area (Å²) in [5.41, 5.74) is 1.86. The van der Waals surface area contributed by atoms with E-state index in [1.54, 1.807) is 41.3 Å². The fourth-order valence-electron chi connectivity index (χ4n) is 2.43. The van der Waals surface area contributed by atoms with Crippen LogP contribution in [0, 0.1) is 0 Å². The van der Waals surface area contributed by atoms with Crippen molar-refractivity contribution in [1.29, 1.82) is 0 Å². The molecule has 0 aliphatic rings. The number of hydrogen-bond donors (Lipinski definition) is 1. The summed E-state index contributed by atoms with van der Waals surface area (Å²) in [7, 11) is 0. The number of nitrogens with one attached hydrogen (secondary N) is 1. The maximum atomic E-state index is 12.4. The third-order valence-corrected chi connectivity index (χ3v) is 3.62. The Morgan fingerprint density at radius 2 is 1.96 bits per heavy atom. The van der Waals surface area contributed by atoms with Gasteiger partial charge in [-0.15, -0.1) is 0 Å². The highest BCUT2D eigenvalue weighted by Gasteiger charge is 2.08. The van der Waals surface area contributed by atoms with Crippen molar-refractivity contribution in [3.63, 3.8) is 0 Å². The number of nitrogens with zero attached hydrogens (tertiary/aromatic N) is 3. The molecule has 0 saturated heterocycles. The van der Waals surface area contributed by atoms with Crippen LogP contribution in [0.3, 0.4) is 0 Å². The second-order valence-corrected chi connectivity index (χ2v) is 5.49. The summed E-state index contributed by atoms with van der Waals surface area (Å²) in [5, 5.41) is 6.82. The molecule has 0 fully saturated rings. The van der Waals surface area contributed by atoms with Gasteiger partial charge in [0.2, 0.25) is 5.91 Å². The number of halogens is 2. The number of alkyl halides is 2. The molecule has 0 radical (unpaired) electrons. The Morgan fingerprint density at radius 1 is 1.19 bits per heavy atom. The number of aromatic nitrogens is 3. The van der Waals surface area contributed by atoms with E-state index in [1.807, 2.05) is 12.1 Å². The molecule has 0 spiro atoms. The number of benzene rings is 2. The molecule has 8 heteroatoms. The fraction of sp³-hybridized carbons (Fsp3) is 0.105. The number of carbonyl (C=O) groups is 1. The molecule has 1 N–H and O–H groups in total. The minimum Gasteiger partial charge on any atom is -0.434 e. The van der Waals surface area contributed by atoms with Crippen LogP contribution in [0.25, 0.3) is 6.08 Å². The summed E-state index contributed by atoms with van der Waals surface area (Å²) in [4.78, 5) is 16.1. The Labute approximate surface area is 154 Å². The van der Waals surface area contributed by atoms with Crippen LogP contribution in [-0.4, -0.2) is 27.3 Å². The molecule has 2 aromatic carbocycles. The smallest absolute Gasteiger partial charge is 0.387 e. The van der Waals surface area contributed by atoms with E-state index in [0.29, 0.717) is 17.8 Å². The van der Waals surface area contributed by atoms with Crippen molar-refractivity contribution in [1.82, 2.24) is 14.8 Å². The van der Waals surface area contributed by atoms with Crippen LogP contribution in [0.15, 0.2) is 67.3 Å². The minimum atomic E-state index is -2.93. The van der Waals surface area contributed by atoms with Gasteiger partial charge in [0.05, 0.1) is 6.54 Å². The van der Waals surface area contributed by atoms with Gasteiger partial charge in [-0.3, -0.25) is 4.79 Å². The minimum absolute atomic E-state index is 0.00290. The first-order valence-electron chi connectivity index (χ1n) is 8.05. The van der Waals surface area contributed by atoms with Crippen LogP contribution in [-0.2, 0) is 11.3 Å². The lowest BCUT2D eigenvalue weighted by Crippen LogP contribution is -2.11. The first-order chi connectivity index (χ1) is 13.1. The Hall–Kier alpha value is -3.55. The molecule has 27 heavy (non-hydrogen) atoms. The first kappa shape index (κ1) is 18.2. The van der Waals surface area contributed by atoms with Crippen molar-refractivity contribution >= 4 is 17.7 Å². The molecule has 1 heterocycles. The topological polar surface area (TPSA) is 69.0 Å². The highest BCUT2D eigenvalue weighted by molar-refractivity contribution is 6.02. The Balaban J connectivity index is 1.71. The summed E-state index contributed by atoms with van der Waals surface area (Å²) in [6.07, 6.45) is 5.70. The molecular formula is C19H16F2N4O2. The predicted octanol–water partition coefficient (Wildman–Crippen LogP) is 3.58. The van der Waals surface area contributed by atoms with Crippen molar-refractivity contribution in [2.24, 2.45) is 0 Å². The molecule has 0 saturated carbocycles. The van der Waals surface area contributed by atoms with E-state index in [2.05, 4.69) is 20.1 Å². The van der Waals surface area contributed by atoms with Crippen molar-refractivity contribution in [2.45, 2.75) is 13.2 Å². The highest BCUT2D eigenvalue weighted by atomic mass is 19.3. The van der Waals surface area contributed by atoms with E-state index in [0.717, 1.165) is 5.56 Å². The Morgan fingerprint density at radius 3 is 2.74 bits per heavy atom. The van der Waals surface area contributed by atoms with Gasteiger partial charge in [-0.2, -0.15) is 13.9 Å². The molecule has 3 aromatic rings. The van der Waals surface area contributed by atoms with E-state index in [4.69, 9.17) is 0 Å². The maximum Gasteiger partial charge on any atom is 0.387 e. The van der Waals surface area contributed by atoms with E-state index in [9.17, 15) is 13.6 Å². The maximum absolute atomic E-state index is 12.4. The third-order valence-electron chi connectivity index (χ3n) is 3.62. The molecule has 6 nitrogen and oxygen atoms in total. The molecule has 3 rings (SSSR count). The van der Waals surface area contributed by atoms with Gasteiger partial charge in [0, 0.05) is 17.3 Å². The van der Waals surface area contributed by atoms with E-state index >= 15 is 0 Å². The van der Waals surface area contributed by atoms with Crippen LogP contribution in [0.5, 0.6) is 5.75 Å². The van der Waals surface area contributed by atoms with Gasteiger partial charge in [0.1, 0.15) is 18.4 Å². The van der Waals surface area contributed by atoms with E-state index in [-0.39, 0.29) is 5.75 Å². The van der Waals surface area contributed by atoms with Crippen molar-refractivity contribution in [2.75, 3.05) is 5.32 Å². The number of carbonyl (C=O) groups excluding carboxylic acids is 1. The standard InChI is InChI=1S/C19H16F2N4O2/c20-19(21)27-17-8-4-2-5-14(17)9-10-18(26)24-16-7-3-1-6-15(16)11-25-13-22-12-23-25/h1-10,12-13,19H,11H2,(H,24,26). The van der Waals surface area contributed by atoms with Gasteiger partial charge < -0.3 is 10.1 Å². The summed E-state index contributed by atoms with van der Waals surface area (Å²) in [6, 6.07) is 13.5. The molecule has 1 amide bonds. The molecule has 0 unspecified atom stereocenters. The van der Waals surface area contributed by atoms with E-state index < -0.39 is 12.5 Å². The van der Waals surface area contributed by atoms with Crippen LogP contribution in [0.4, 0.5) is 14.5 Å². The van der Waals surface area contributed by atoms with Crippen molar-refractivity contribution in [3.05, 3.63) is 78.4 Å². The zero-order valence-electron chi connectivity index (χ0n) is 14.1. The summed E-state index contributed by atoms with van der Waals surface area (Å²) >= 11 is 0. The molecular weight excluding hydrogens is 354 g/mol. The number of hydrogen-bond acceptors (Lipinski definition) is 4. The third kappa shape index (κ3) is 5.21. The number of rotatable bonds is 7. The number of para-hydroxylation sites is 2. The lowest BCUT2D eigenvalue weighted by Gasteiger charge is -2.10. The van der Waals surface area contributed by atoms with Gasteiger partial charge in [-0.05, 0) is 23.8 Å². The quantitative estimate of drug-likeness (QED) is 0.646. The average molecular weight is 370 g/mol. The Kier molecular flexibility index (Phi) is 5.88. The van der Waals surface area contributed by atoms with Gasteiger partial charge in [0.25, 0.3) is 0 Å². The highest BCUT2D eigenvalue weighted by Crippen LogP contribution is 2.22. The number of amides is 1. The Bertz CT molecular complexity index is 927. The first-order valence-corrected chi connectivity index (χ1v) is 8.05. The van der Waals surface area contributed by atoms with Gasteiger partial charge in [-0.25, -0.2) is 9.67 Å². The second-order valence-electron chi connectivity index (χ2n) is 5.49. The van der Waals surface area contributed by atoms with Gasteiger partial charge in [0.15, 0.2) is 0 Å². The van der Waals surface area contributed by atoms with Crippen LogP contribution < -0.4 is 10.1 Å². The monoisotopic (exact) mass is 370 g/mol. The molecule has 0 aliphatic heterocycles. The predicted molar refractivity (Wildman–Crippen MR) is 96.3 cm³/mol. The summed E-state index contributed by atoms with van der Waals surface area (Å²) in [6.45, 7) is -2.48. The van der Waals surface area contributed by atoms with Gasteiger partial charge >= 0.3 is 6.61 Å². The van der Waals surface area contributed by atoms with Crippen LogP contribution >= 0.6 is 0 Å². The normalized spacial score (nSPS) is 11.1. The zero-order chi connectivity index (χ0) is 19.1. The zero-order valence-corrected chi connectivity index (χ0v) is 14.1. The lowest BCUT2D eigenvalue weighted by atomic mass is 10.1. The summed E-state index contributed by atoms with van der Waals surface area (Å²) in [5.74, 6) is -0.393. The SMILES string of the molecule is O=C(C=Cc1ccccc1OC(F)F)Nc1ccccc1Cn1cncn1. The van der Waals surface area contributed by atoms with Gasteiger partial charge in [-0.1, -0.05) is 36.4 Å². The number of ether oxygens (including phenoxy) is 1. The average Bonchev–Trinajstić information content (AvgIpc) is 3.15. The second kappa shape index (κ2) is 8.70. The van der Waals surface area contributed by atoms with Crippen LogP contribution in [0.1, 0.15) is 11.1 Å². The van der Waals surface area contributed by atoms with E-state index in [1.165, 1.54) is 24.5 Å². The van der Waals surface area contributed by atoms with Crippen LogP contribution in [0.2, 0.25) is 0 Å². The molecule has 0 aliphatic carbocycles. The van der Waals surface area contributed by atoms with Crippen molar-refractivity contribution in [3.8, 4) is 5.75 Å². The fourth-order valence-corrected chi connectivity index (χ4v) is 2.43. The molecule has 0 atom stereocenters. The summed E-state index contributed by atoms with van der Waals surface area (Å²) < 4.78 is 31.0. The largest absolute Gasteiger partial charge is 0.434 e. The lowest BCUT2D eigenvalue weighted by molar-refractivity contribution is -0.111. The molecule has 0 bridgehead atoms. The number of anilines is 1. The molecule has 1 aromatic heterocycles.